The minimum absolute atomic E-state index is 0.224. The van der Waals surface area contributed by atoms with Crippen molar-refractivity contribution in [1.82, 2.24) is 15.4 Å². The van der Waals surface area contributed by atoms with E-state index in [0.717, 1.165) is 4.90 Å². The first-order valence-electron chi connectivity index (χ1n) is 8.41. The third kappa shape index (κ3) is 3.35. The van der Waals surface area contributed by atoms with Crippen molar-refractivity contribution < 1.29 is 23.6 Å². The van der Waals surface area contributed by atoms with Crippen LogP contribution in [-0.2, 0) is 15.1 Å². The number of imide groups is 1. The quantitative estimate of drug-likeness (QED) is 0.747. The number of anilines is 1. The second-order valence-electron chi connectivity index (χ2n) is 6.18. The van der Waals surface area contributed by atoms with Crippen molar-refractivity contribution in [2.75, 3.05) is 19.0 Å². The predicted octanol–water partition coefficient (Wildman–Crippen LogP) is 1.79. The Bertz CT molecular complexity index is 876. The van der Waals surface area contributed by atoms with Gasteiger partial charge in [0, 0.05) is 6.07 Å². The minimum atomic E-state index is -1.21. The molecule has 0 saturated carbocycles. The van der Waals surface area contributed by atoms with Gasteiger partial charge in [0.1, 0.15) is 23.6 Å². The number of carbonyl (C=O) groups excluding carboxylic acids is 3. The van der Waals surface area contributed by atoms with Gasteiger partial charge in [0.05, 0.1) is 7.11 Å². The topological polar surface area (TPSA) is 114 Å². The molecule has 0 aliphatic carbocycles. The fraction of sp³-hybridized carbons (Fsp3) is 0.333. The highest BCUT2D eigenvalue weighted by atomic mass is 16.5. The maximum Gasteiger partial charge on any atom is 0.325 e. The van der Waals surface area contributed by atoms with Gasteiger partial charge in [0.15, 0.2) is 5.82 Å². The second-order valence-corrected chi connectivity index (χ2v) is 6.18. The molecule has 4 amide bonds. The van der Waals surface area contributed by atoms with Crippen molar-refractivity contribution in [3.05, 3.63) is 41.7 Å². The van der Waals surface area contributed by atoms with Crippen molar-refractivity contribution in [3.8, 4) is 5.75 Å². The van der Waals surface area contributed by atoms with Crippen LogP contribution in [-0.4, -0.2) is 41.6 Å². The smallest absolute Gasteiger partial charge is 0.325 e. The van der Waals surface area contributed by atoms with Crippen LogP contribution in [0, 0.1) is 6.92 Å². The number of benzene rings is 1. The van der Waals surface area contributed by atoms with Gasteiger partial charge in [-0.15, -0.1) is 0 Å². The molecule has 0 spiro atoms. The van der Waals surface area contributed by atoms with Gasteiger partial charge < -0.3 is 19.9 Å². The van der Waals surface area contributed by atoms with Crippen molar-refractivity contribution in [3.63, 3.8) is 0 Å². The molecule has 1 aromatic heterocycles. The van der Waals surface area contributed by atoms with E-state index in [9.17, 15) is 14.4 Å². The number of nitrogens with one attached hydrogen (secondary N) is 2. The second kappa shape index (κ2) is 7.10. The Kier molecular flexibility index (Phi) is 4.85. The van der Waals surface area contributed by atoms with E-state index < -0.39 is 29.9 Å². The monoisotopic (exact) mass is 372 g/mol. The Morgan fingerprint density at radius 1 is 1.33 bits per heavy atom. The number of rotatable bonds is 6. The van der Waals surface area contributed by atoms with Crippen LogP contribution in [0.5, 0.6) is 5.75 Å². The van der Waals surface area contributed by atoms with Crippen LogP contribution in [0.3, 0.4) is 0 Å². The summed E-state index contributed by atoms with van der Waals surface area (Å²) in [6.07, 6.45) is 0.338. The molecule has 0 unspecified atom stereocenters. The Balaban J connectivity index is 1.78. The van der Waals surface area contributed by atoms with Crippen LogP contribution in [0.1, 0.15) is 24.7 Å². The molecule has 2 aromatic rings. The third-order valence-electron chi connectivity index (χ3n) is 4.49. The summed E-state index contributed by atoms with van der Waals surface area (Å²) in [5.41, 5.74) is -0.590. The first kappa shape index (κ1) is 18.4. The van der Waals surface area contributed by atoms with E-state index in [1.54, 1.807) is 45.2 Å². The summed E-state index contributed by atoms with van der Waals surface area (Å²) in [6, 6.07) is 7.80. The van der Waals surface area contributed by atoms with Gasteiger partial charge in [-0.1, -0.05) is 24.2 Å². The number of nitrogens with zero attached hydrogens (tertiary/aromatic N) is 2. The van der Waals surface area contributed by atoms with Gasteiger partial charge >= 0.3 is 6.03 Å². The van der Waals surface area contributed by atoms with Gasteiger partial charge in [0.25, 0.3) is 5.91 Å². The number of hydrogen-bond donors (Lipinski definition) is 2. The van der Waals surface area contributed by atoms with E-state index in [2.05, 4.69) is 15.8 Å². The van der Waals surface area contributed by atoms with Gasteiger partial charge in [-0.25, -0.2) is 4.79 Å². The summed E-state index contributed by atoms with van der Waals surface area (Å²) in [7, 11) is 1.55. The van der Waals surface area contributed by atoms with Crippen LogP contribution in [0.15, 0.2) is 34.9 Å². The van der Waals surface area contributed by atoms with Crippen molar-refractivity contribution in [2.45, 2.75) is 25.8 Å². The van der Waals surface area contributed by atoms with Gasteiger partial charge in [-0.3, -0.25) is 14.5 Å². The lowest BCUT2D eigenvalue weighted by atomic mass is 9.87. The Morgan fingerprint density at radius 2 is 2.04 bits per heavy atom. The van der Waals surface area contributed by atoms with Crippen molar-refractivity contribution in [1.29, 1.82) is 0 Å². The highest BCUT2D eigenvalue weighted by Crippen LogP contribution is 2.33. The molecular formula is C18H20N4O5. The number of urea groups is 1. The molecule has 2 N–H and O–H groups in total. The number of methoxy groups -OCH3 is 1. The lowest BCUT2D eigenvalue weighted by Gasteiger charge is -2.25. The molecule has 0 bridgehead atoms. The summed E-state index contributed by atoms with van der Waals surface area (Å²) < 4.78 is 10.00. The summed E-state index contributed by atoms with van der Waals surface area (Å²) in [6.45, 7) is 3.06. The number of aryl methyl sites for hydroxylation is 1. The van der Waals surface area contributed by atoms with Crippen LogP contribution in [0.4, 0.5) is 10.6 Å². The maximum atomic E-state index is 13.0. The molecule has 27 heavy (non-hydrogen) atoms. The number of aromatic nitrogens is 1. The van der Waals surface area contributed by atoms with E-state index in [1.807, 2.05) is 0 Å². The van der Waals surface area contributed by atoms with Crippen LogP contribution < -0.4 is 15.4 Å². The molecule has 2 heterocycles. The van der Waals surface area contributed by atoms with Gasteiger partial charge in [-0.05, 0) is 31.0 Å². The van der Waals surface area contributed by atoms with Gasteiger partial charge in [-0.2, -0.15) is 0 Å². The number of ether oxygens (including phenoxy) is 1. The minimum Gasteiger partial charge on any atom is -0.497 e. The first-order valence-corrected chi connectivity index (χ1v) is 8.41. The highest BCUT2D eigenvalue weighted by Gasteiger charge is 2.51. The molecule has 1 aromatic carbocycles. The number of hydrogen-bond acceptors (Lipinski definition) is 6. The molecular weight excluding hydrogens is 352 g/mol. The molecule has 9 heteroatoms. The fourth-order valence-electron chi connectivity index (χ4n) is 3.04. The van der Waals surface area contributed by atoms with Crippen LogP contribution in [0.2, 0.25) is 0 Å². The Morgan fingerprint density at radius 3 is 2.59 bits per heavy atom. The largest absolute Gasteiger partial charge is 0.497 e. The summed E-state index contributed by atoms with van der Waals surface area (Å²) in [4.78, 5) is 38.5. The summed E-state index contributed by atoms with van der Waals surface area (Å²) in [5.74, 6) is 0.368. The Labute approximate surface area is 155 Å². The van der Waals surface area contributed by atoms with E-state index in [0.29, 0.717) is 23.5 Å². The van der Waals surface area contributed by atoms with E-state index in [1.165, 1.54) is 6.07 Å². The normalized spacial score (nSPS) is 19.1. The SMILES string of the molecule is CC[C@@]1(c2ccc(OC)cc2)NC(=O)N(CC(=O)Nc2cc(C)on2)C1=O. The number of carbonyl (C=O) groups is 3. The molecule has 1 atom stereocenters. The van der Waals surface area contributed by atoms with E-state index in [-0.39, 0.29) is 5.82 Å². The average Bonchev–Trinajstić information content (AvgIpc) is 3.17. The summed E-state index contributed by atoms with van der Waals surface area (Å²) >= 11 is 0. The standard InChI is InChI=1S/C18H20N4O5/c1-4-18(12-5-7-13(26-3)8-6-12)16(24)22(17(25)20-18)10-15(23)19-14-9-11(2)27-21-14/h5-9H,4,10H2,1-3H3,(H,20,25)(H,19,21,23)/t18-/m0/s1. The average molecular weight is 372 g/mol. The fourth-order valence-corrected chi connectivity index (χ4v) is 3.04. The third-order valence-corrected chi connectivity index (χ3v) is 4.49. The van der Waals surface area contributed by atoms with Crippen LogP contribution >= 0.6 is 0 Å². The molecule has 9 nitrogen and oxygen atoms in total. The molecule has 1 fully saturated rings. The lowest BCUT2D eigenvalue weighted by Crippen LogP contribution is -2.44. The Hall–Kier alpha value is -3.36. The molecule has 3 rings (SSSR count). The van der Waals surface area contributed by atoms with Crippen LogP contribution in [0.25, 0.3) is 0 Å². The summed E-state index contributed by atoms with van der Waals surface area (Å²) in [5, 5.41) is 8.88. The maximum absolute atomic E-state index is 13.0. The predicted molar refractivity (Wildman–Crippen MR) is 95.1 cm³/mol. The molecule has 1 aliphatic heterocycles. The highest BCUT2D eigenvalue weighted by molar-refractivity contribution is 6.10. The van der Waals surface area contributed by atoms with Gasteiger partial charge in [0.2, 0.25) is 5.91 Å². The number of amides is 4. The molecule has 142 valence electrons. The van der Waals surface area contributed by atoms with E-state index in [4.69, 9.17) is 9.26 Å². The lowest BCUT2D eigenvalue weighted by molar-refractivity contribution is -0.134. The molecule has 0 radical (unpaired) electrons. The first-order chi connectivity index (χ1) is 12.9. The zero-order valence-corrected chi connectivity index (χ0v) is 15.2. The molecule has 1 saturated heterocycles. The molecule has 1 aliphatic rings. The van der Waals surface area contributed by atoms with E-state index >= 15 is 0 Å². The zero-order chi connectivity index (χ0) is 19.6. The zero-order valence-electron chi connectivity index (χ0n) is 15.2. The van der Waals surface area contributed by atoms with Crippen molar-refractivity contribution >= 4 is 23.7 Å². The van der Waals surface area contributed by atoms with Crippen molar-refractivity contribution in [2.24, 2.45) is 0 Å².